The van der Waals surface area contributed by atoms with Crippen LogP contribution in [0.5, 0.6) is 0 Å². The van der Waals surface area contributed by atoms with E-state index in [1.807, 2.05) is 25.1 Å². The van der Waals surface area contributed by atoms with Crippen LogP contribution in [0.3, 0.4) is 0 Å². The smallest absolute Gasteiger partial charge is 0.133 e. The Morgan fingerprint density at radius 1 is 1.32 bits per heavy atom. The van der Waals surface area contributed by atoms with Crippen LogP contribution in [0.2, 0.25) is 0 Å². The van der Waals surface area contributed by atoms with Gasteiger partial charge in [-0.25, -0.2) is 4.39 Å². The van der Waals surface area contributed by atoms with E-state index in [0.717, 1.165) is 30.8 Å². The van der Waals surface area contributed by atoms with E-state index in [1.165, 1.54) is 17.7 Å². The van der Waals surface area contributed by atoms with Crippen molar-refractivity contribution in [1.29, 1.82) is 0 Å². The summed E-state index contributed by atoms with van der Waals surface area (Å²) in [6.45, 7) is 2.64. The first kappa shape index (κ1) is 12.4. The van der Waals surface area contributed by atoms with Crippen molar-refractivity contribution in [2.45, 2.75) is 38.3 Å². The number of rotatable bonds is 4. The fourth-order valence-corrected chi connectivity index (χ4v) is 2.54. The molecule has 1 aliphatic carbocycles. The summed E-state index contributed by atoms with van der Waals surface area (Å²) in [6.07, 6.45) is 2.20. The van der Waals surface area contributed by atoms with Crippen molar-refractivity contribution >= 4 is 0 Å². The lowest BCUT2D eigenvalue weighted by molar-refractivity contribution is 0.286. The molecule has 0 spiro atoms. The fraction of sp³-hybridized carbons (Fsp3) is 0.400. The van der Waals surface area contributed by atoms with Crippen LogP contribution in [0.25, 0.3) is 0 Å². The molecule has 100 valence electrons. The zero-order valence-corrected chi connectivity index (χ0v) is 10.9. The third kappa shape index (κ3) is 2.84. The summed E-state index contributed by atoms with van der Waals surface area (Å²) in [5.74, 6) is 1.23. The molecule has 1 fully saturated rings. The second kappa shape index (κ2) is 5.13. The predicted octanol–water partition coefficient (Wildman–Crippen LogP) is 3.16. The number of nitrogens with zero attached hydrogens (tertiary/aromatic N) is 1. The van der Waals surface area contributed by atoms with Gasteiger partial charge in [-0.15, -0.1) is 0 Å². The van der Waals surface area contributed by atoms with Gasteiger partial charge in [-0.1, -0.05) is 17.3 Å². The molecule has 0 saturated heterocycles. The maximum Gasteiger partial charge on any atom is 0.133 e. The van der Waals surface area contributed by atoms with E-state index in [4.69, 9.17) is 4.52 Å². The van der Waals surface area contributed by atoms with E-state index < -0.39 is 0 Å². The van der Waals surface area contributed by atoms with Crippen LogP contribution in [-0.2, 0) is 6.54 Å². The number of aromatic nitrogens is 1. The molecule has 0 bridgehead atoms. The van der Waals surface area contributed by atoms with Crippen molar-refractivity contribution in [2.24, 2.45) is 0 Å². The minimum absolute atomic E-state index is 0.167. The third-order valence-electron chi connectivity index (χ3n) is 3.73. The van der Waals surface area contributed by atoms with Crippen LogP contribution in [0.1, 0.15) is 35.8 Å². The standard InChI is InChI=1S/C15H17FN2O/c1-10-6-15(18-19-10)9-17-14-7-12(8-14)11-2-4-13(16)5-3-11/h2-6,12,14,17H,7-9H2,1H3. The minimum atomic E-state index is -0.167. The van der Waals surface area contributed by atoms with Gasteiger partial charge in [0.2, 0.25) is 0 Å². The lowest BCUT2D eigenvalue weighted by Gasteiger charge is -2.36. The Hall–Kier alpha value is -1.68. The second-order valence-electron chi connectivity index (χ2n) is 5.23. The normalized spacial score (nSPS) is 22.2. The molecule has 4 heteroatoms. The average molecular weight is 260 g/mol. The van der Waals surface area contributed by atoms with Crippen LogP contribution in [-0.4, -0.2) is 11.2 Å². The van der Waals surface area contributed by atoms with Crippen molar-refractivity contribution in [3.05, 3.63) is 53.2 Å². The minimum Gasteiger partial charge on any atom is -0.361 e. The highest BCUT2D eigenvalue weighted by Gasteiger charge is 2.29. The Morgan fingerprint density at radius 3 is 2.68 bits per heavy atom. The molecule has 0 atom stereocenters. The van der Waals surface area contributed by atoms with Crippen molar-refractivity contribution in [3.8, 4) is 0 Å². The number of halogens is 1. The second-order valence-corrected chi connectivity index (χ2v) is 5.23. The van der Waals surface area contributed by atoms with Gasteiger partial charge in [-0.05, 0) is 43.4 Å². The topological polar surface area (TPSA) is 38.1 Å². The summed E-state index contributed by atoms with van der Waals surface area (Å²) in [7, 11) is 0. The molecule has 1 heterocycles. The number of hydrogen-bond donors (Lipinski definition) is 1. The first-order chi connectivity index (χ1) is 9.20. The highest BCUT2D eigenvalue weighted by atomic mass is 19.1. The number of aryl methyl sites for hydroxylation is 1. The molecule has 0 unspecified atom stereocenters. The van der Waals surface area contributed by atoms with Gasteiger partial charge in [0, 0.05) is 18.7 Å². The van der Waals surface area contributed by atoms with E-state index >= 15 is 0 Å². The quantitative estimate of drug-likeness (QED) is 0.917. The van der Waals surface area contributed by atoms with E-state index in [0.29, 0.717) is 12.0 Å². The van der Waals surface area contributed by atoms with Crippen molar-refractivity contribution in [3.63, 3.8) is 0 Å². The molecular weight excluding hydrogens is 243 g/mol. The fourth-order valence-electron chi connectivity index (χ4n) is 2.54. The number of benzene rings is 1. The van der Waals surface area contributed by atoms with E-state index in [2.05, 4.69) is 10.5 Å². The lowest BCUT2D eigenvalue weighted by Crippen LogP contribution is -2.39. The molecule has 3 rings (SSSR count). The van der Waals surface area contributed by atoms with Gasteiger partial charge in [0.15, 0.2) is 0 Å². The SMILES string of the molecule is Cc1cc(CNC2CC(c3ccc(F)cc3)C2)no1. The van der Waals surface area contributed by atoms with E-state index in [9.17, 15) is 4.39 Å². The maximum atomic E-state index is 12.8. The van der Waals surface area contributed by atoms with Crippen LogP contribution < -0.4 is 5.32 Å². The van der Waals surface area contributed by atoms with Gasteiger partial charge in [-0.2, -0.15) is 0 Å². The first-order valence-electron chi connectivity index (χ1n) is 6.62. The highest BCUT2D eigenvalue weighted by molar-refractivity contribution is 5.23. The molecule has 19 heavy (non-hydrogen) atoms. The van der Waals surface area contributed by atoms with E-state index in [-0.39, 0.29) is 5.82 Å². The molecule has 0 radical (unpaired) electrons. The summed E-state index contributed by atoms with van der Waals surface area (Å²) < 4.78 is 17.9. The number of hydrogen-bond acceptors (Lipinski definition) is 3. The molecule has 1 aliphatic rings. The Morgan fingerprint density at radius 2 is 2.05 bits per heavy atom. The van der Waals surface area contributed by atoms with Gasteiger partial charge in [0.05, 0.1) is 5.69 Å². The average Bonchev–Trinajstić information content (AvgIpc) is 2.75. The monoisotopic (exact) mass is 260 g/mol. The van der Waals surface area contributed by atoms with E-state index in [1.54, 1.807) is 0 Å². The summed E-state index contributed by atoms with van der Waals surface area (Å²) in [6, 6.07) is 9.31. The Kier molecular flexibility index (Phi) is 3.34. The van der Waals surface area contributed by atoms with Gasteiger partial charge in [0.25, 0.3) is 0 Å². The Balaban J connectivity index is 1.46. The number of nitrogens with one attached hydrogen (secondary N) is 1. The molecule has 1 aromatic carbocycles. The highest BCUT2D eigenvalue weighted by Crippen LogP contribution is 2.36. The van der Waals surface area contributed by atoms with Gasteiger partial charge < -0.3 is 9.84 Å². The third-order valence-corrected chi connectivity index (χ3v) is 3.73. The van der Waals surface area contributed by atoms with Gasteiger partial charge in [0.1, 0.15) is 11.6 Å². The zero-order valence-electron chi connectivity index (χ0n) is 10.9. The molecular formula is C15H17FN2O. The summed E-state index contributed by atoms with van der Waals surface area (Å²) in [5, 5.41) is 7.42. The lowest BCUT2D eigenvalue weighted by atomic mass is 9.76. The van der Waals surface area contributed by atoms with Gasteiger partial charge in [-0.3, -0.25) is 0 Å². The molecule has 2 aromatic rings. The molecule has 3 nitrogen and oxygen atoms in total. The van der Waals surface area contributed by atoms with Crippen LogP contribution in [0, 0.1) is 12.7 Å². The summed E-state index contributed by atoms with van der Waals surface area (Å²) >= 11 is 0. The largest absolute Gasteiger partial charge is 0.361 e. The van der Waals surface area contributed by atoms with Crippen molar-refractivity contribution in [2.75, 3.05) is 0 Å². The van der Waals surface area contributed by atoms with Crippen molar-refractivity contribution < 1.29 is 8.91 Å². The zero-order chi connectivity index (χ0) is 13.2. The van der Waals surface area contributed by atoms with Crippen molar-refractivity contribution in [1.82, 2.24) is 10.5 Å². The van der Waals surface area contributed by atoms with Crippen LogP contribution >= 0.6 is 0 Å². The van der Waals surface area contributed by atoms with Gasteiger partial charge >= 0.3 is 0 Å². The molecule has 1 saturated carbocycles. The molecule has 1 aromatic heterocycles. The maximum absolute atomic E-state index is 12.8. The molecule has 0 aliphatic heterocycles. The summed E-state index contributed by atoms with van der Waals surface area (Å²) in [5.41, 5.74) is 2.18. The first-order valence-corrected chi connectivity index (χ1v) is 6.62. The predicted molar refractivity (Wildman–Crippen MR) is 70.2 cm³/mol. The Bertz CT molecular complexity index is 544. The molecule has 0 amide bonds. The molecule has 1 N–H and O–H groups in total. The Labute approximate surface area is 111 Å². The summed E-state index contributed by atoms with van der Waals surface area (Å²) in [4.78, 5) is 0. The van der Waals surface area contributed by atoms with Crippen LogP contribution in [0.15, 0.2) is 34.9 Å². The van der Waals surface area contributed by atoms with Crippen LogP contribution in [0.4, 0.5) is 4.39 Å².